The standard InChI is InChI=1S/C18H24N2O/c1-5-8-20-17(10-14(4)16(11-19)18(20)21)15-7-6-12(2)13(3)9-15/h6-7,9-10H,5,8,11,19H2,1-4H3. The lowest BCUT2D eigenvalue weighted by Gasteiger charge is -2.17. The first-order valence-corrected chi connectivity index (χ1v) is 7.50. The van der Waals surface area contributed by atoms with E-state index in [1.807, 2.05) is 11.5 Å². The van der Waals surface area contributed by atoms with Crippen LogP contribution in [0.4, 0.5) is 0 Å². The highest BCUT2D eigenvalue weighted by Crippen LogP contribution is 2.23. The van der Waals surface area contributed by atoms with Crippen molar-refractivity contribution in [2.75, 3.05) is 0 Å². The van der Waals surface area contributed by atoms with Gasteiger partial charge in [0.2, 0.25) is 0 Å². The zero-order valence-corrected chi connectivity index (χ0v) is 13.4. The molecule has 21 heavy (non-hydrogen) atoms. The van der Waals surface area contributed by atoms with Crippen molar-refractivity contribution in [3.8, 4) is 11.3 Å². The first-order chi connectivity index (χ1) is 9.99. The van der Waals surface area contributed by atoms with Gasteiger partial charge in [-0.25, -0.2) is 0 Å². The highest BCUT2D eigenvalue weighted by atomic mass is 16.1. The molecule has 1 aromatic heterocycles. The van der Waals surface area contributed by atoms with Crippen LogP contribution in [0.25, 0.3) is 11.3 Å². The smallest absolute Gasteiger partial charge is 0.255 e. The van der Waals surface area contributed by atoms with E-state index in [0.717, 1.165) is 28.8 Å². The lowest BCUT2D eigenvalue weighted by molar-refractivity contribution is 0.652. The predicted octanol–water partition coefficient (Wildman–Crippen LogP) is 3.31. The van der Waals surface area contributed by atoms with Gasteiger partial charge in [0.25, 0.3) is 5.56 Å². The molecule has 0 aliphatic rings. The van der Waals surface area contributed by atoms with Gasteiger partial charge in [-0.05, 0) is 61.6 Å². The average Bonchev–Trinajstić information content (AvgIpc) is 2.45. The highest BCUT2D eigenvalue weighted by Gasteiger charge is 2.12. The largest absolute Gasteiger partial charge is 0.326 e. The van der Waals surface area contributed by atoms with Crippen LogP contribution in [0.5, 0.6) is 0 Å². The third kappa shape index (κ3) is 2.93. The van der Waals surface area contributed by atoms with Gasteiger partial charge < -0.3 is 10.3 Å². The molecule has 0 fully saturated rings. The van der Waals surface area contributed by atoms with Crippen LogP contribution in [0.3, 0.4) is 0 Å². The van der Waals surface area contributed by atoms with E-state index in [1.54, 1.807) is 0 Å². The molecule has 1 aromatic carbocycles. The van der Waals surface area contributed by atoms with Crippen LogP contribution in [0.1, 0.15) is 35.6 Å². The molecule has 0 bridgehead atoms. The molecule has 2 rings (SSSR count). The maximum Gasteiger partial charge on any atom is 0.255 e. The number of hydrogen-bond donors (Lipinski definition) is 1. The minimum Gasteiger partial charge on any atom is -0.326 e. The fraction of sp³-hybridized carbons (Fsp3) is 0.389. The van der Waals surface area contributed by atoms with Crippen LogP contribution in [0, 0.1) is 20.8 Å². The molecule has 0 aliphatic carbocycles. The van der Waals surface area contributed by atoms with Gasteiger partial charge in [0, 0.05) is 18.7 Å². The molecule has 0 atom stereocenters. The van der Waals surface area contributed by atoms with Crippen molar-refractivity contribution in [3.63, 3.8) is 0 Å². The van der Waals surface area contributed by atoms with Crippen molar-refractivity contribution in [2.45, 2.75) is 47.2 Å². The number of aromatic nitrogens is 1. The van der Waals surface area contributed by atoms with E-state index in [4.69, 9.17) is 5.73 Å². The van der Waals surface area contributed by atoms with Crippen LogP contribution in [0.15, 0.2) is 29.1 Å². The second-order valence-electron chi connectivity index (χ2n) is 5.65. The van der Waals surface area contributed by atoms with Crippen molar-refractivity contribution in [3.05, 3.63) is 56.9 Å². The van der Waals surface area contributed by atoms with E-state index in [9.17, 15) is 4.79 Å². The number of aryl methyl sites for hydroxylation is 3. The maximum atomic E-state index is 12.6. The third-order valence-electron chi connectivity index (χ3n) is 4.08. The molecular formula is C18H24N2O. The zero-order valence-electron chi connectivity index (χ0n) is 13.4. The lowest BCUT2D eigenvalue weighted by Crippen LogP contribution is -2.28. The molecule has 3 nitrogen and oxygen atoms in total. The van der Waals surface area contributed by atoms with Crippen molar-refractivity contribution in [2.24, 2.45) is 5.73 Å². The normalized spacial score (nSPS) is 10.9. The van der Waals surface area contributed by atoms with E-state index >= 15 is 0 Å². The molecule has 2 aromatic rings. The van der Waals surface area contributed by atoms with Gasteiger partial charge in [-0.3, -0.25) is 4.79 Å². The Labute approximate surface area is 126 Å². The average molecular weight is 284 g/mol. The summed E-state index contributed by atoms with van der Waals surface area (Å²) in [5.41, 5.74) is 12.1. The number of rotatable bonds is 4. The summed E-state index contributed by atoms with van der Waals surface area (Å²) in [4.78, 5) is 12.6. The van der Waals surface area contributed by atoms with E-state index in [-0.39, 0.29) is 5.56 Å². The number of nitrogens with two attached hydrogens (primary N) is 1. The number of hydrogen-bond acceptors (Lipinski definition) is 2. The molecule has 0 saturated carbocycles. The second kappa shape index (κ2) is 6.27. The Kier molecular flexibility index (Phi) is 4.63. The Morgan fingerprint density at radius 2 is 1.76 bits per heavy atom. The first kappa shape index (κ1) is 15.5. The Morgan fingerprint density at radius 1 is 1.05 bits per heavy atom. The Bertz CT molecular complexity index is 714. The molecule has 0 saturated heterocycles. The van der Waals surface area contributed by atoms with E-state index < -0.39 is 0 Å². The summed E-state index contributed by atoms with van der Waals surface area (Å²) in [7, 11) is 0. The van der Waals surface area contributed by atoms with Crippen LogP contribution in [-0.4, -0.2) is 4.57 Å². The summed E-state index contributed by atoms with van der Waals surface area (Å²) in [6.45, 7) is 9.25. The summed E-state index contributed by atoms with van der Waals surface area (Å²) in [6, 6.07) is 8.43. The molecule has 0 radical (unpaired) electrons. The topological polar surface area (TPSA) is 48.0 Å². The summed E-state index contributed by atoms with van der Waals surface area (Å²) >= 11 is 0. The molecule has 0 aliphatic heterocycles. The fourth-order valence-electron chi connectivity index (χ4n) is 2.64. The van der Waals surface area contributed by atoms with Crippen molar-refractivity contribution in [1.29, 1.82) is 0 Å². The molecule has 0 spiro atoms. The van der Waals surface area contributed by atoms with Gasteiger partial charge in [0.1, 0.15) is 0 Å². The molecular weight excluding hydrogens is 260 g/mol. The zero-order chi connectivity index (χ0) is 15.6. The van der Waals surface area contributed by atoms with Crippen molar-refractivity contribution < 1.29 is 0 Å². The Hall–Kier alpha value is -1.87. The maximum absolute atomic E-state index is 12.6. The van der Waals surface area contributed by atoms with Crippen LogP contribution in [-0.2, 0) is 13.1 Å². The minimum absolute atomic E-state index is 0.0487. The van der Waals surface area contributed by atoms with Gasteiger partial charge in [-0.2, -0.15) is 0 Å². The van der Waals surface area contributed by atoms with Gasteiger partial charge in [-0.1, -0.05) is 19.1 Å². The highest BCUT2D eigenvalue weighted by molar-refractivity contribution is 5.63. The van der Waals surface area contributed by atoms with E-state index in [1.165, 1.54) is 11.1 Å². The molecule has 0 unspecified atom stereocenters. The molecule has 1 heterocycles. The van der Waals surface area contributed by atoms with Gasteiger partial charge in [0.15, 0.2) is 0 Å². The lowest BCUT2D eigenvalue weighted by atomic mass is 10.0. The SMILES string of the molecule is CCCn1c(-c2ccc(C)c(C)c2)cc(C)c(CN)c1=O. The summed E-state index contributed by atoms with van der Waals surface area (Å²) in [5, 5.41) is 0. The van der Waals surface area contributed by atoms with Gasteiger partial charge >= 0.3 is 0 Å². The predicted molar refractivity (Wildman–Crippen MR) is 88.5 cm³/mol. The van der Waals surface area contributed by atoms with Gasteiger partial charge in [-0.15, -0.1) is 0 Å². The Morgan fingerprint density at radius 3 is 2.33 bits per heavy atom. The Balaban J connectivity index is 2.72. The van der Waals surface area contributed by atoms with Crippen molar-refractivity contribution >= 4 is 0 Å². The van der Waals surface area contributed by atoms with Crippen LogP contribution in [0.2, 0.25) is 0 Å². The minimum atomic E-state index is 0.0487. The third-order valence-corrected chi connectivity index (χ3v) is 4.08. The van der Waals surface area contributed by atoms with Gasteiger partial charge in [0.05, 0.1) is 5.69 Å². The summed E-state index contributed by atoms with van der Waals surface area (Å²) in [5.74, 6) is 0. The van der Waals surface area contributed by atoms with Crippen LogP contribution < -0.4 is 11.3 Å². The van der Waals surface area contributed by atoms with Crippen LogP contribution >= 0.6 is 0 Å². The molecule has 2 N–H and O–H groups in total. The van der Waals surface area contributed by atoms with Crippen molar-refractivity contribution in [1.82, 2.24) is 4.57 Å². The molecule has 3 heteroatoms. The molecule has 0 amide bonds. The fourth-order valence-corrected chi connectivity index (χ4v) is 2.64. The number of nitrogens with zero attached hydrogens (tertiary/aromatic N) is 1. The number of benzene rings is 1. The molecule has 112 valence electrons. The quantitative estimate of drug-likeness (QED) is 0.936. The monoisotopic (exact) mass is 284 g/mol. The number of pyridine rings is 1. The second-order valence-corrected chi connectivity index (χ2v) is 5.65. The van der Waals surface area contributed by atoms with E-state index in [2.05, 4.69) is 45.0 Å². The summed E-state index contributed by atoms with van der Waals surface area (Å²) < 4.78 is 1.86. The summed E-state index contributed by atoms with van der Waals surface area (Å²) in [6.07, 6.45) is 0.921. The van der Waals surface area contributed by atoms with E-state index in [0.29, 0.717) is 13.1 Å². The first-order valence-electron chi connectivity index (χ1n) is 7.50.